The lowest BCUT2D eigenvalue weighted by molar-refractivity contribution is 0.584. The molecule has 0 bridgehead atoms. The summed E-state index contributed by atoms with van der Waals surface area (Å²) in [5, 5.41) is 8.65. The number of hydrogen-bond acceptors (Lipinski definition) is 5. The Morgan fingerprint density at radius 1 is 0.704 bits per heavy atom. The quantitative estimate of drug-likeness (QED) is 0.680. The second-order valence-electron chi connectivity index (χ2n) is 7.37. The summed E-state index contributed by atoms with van der Waals surface area (Å²) in [7, 11) is 0. The van der Waals surface area contributed by atoms with Gasteiger partial charge in [-0.2, -0.15) is 0 Å². The van der Waals surface area contributed by atoms with Gasteiger partial charge in [0, 0.05) is 37.4 Å². The predicted octanol–water partition coefficient (Wildman–Crippen LogP) is 4.60. The first kappa shape index (κ1) is 16.4. The first-order valence-corrected chi connectivity index (χ1v) is 9.92. The lowest BCUT2D eigenvalue weighted by atomic mass is 10.1. The van der Waals surface area contributed by atoms with Gasteiger partial charge < -0.3 is 14.2 Å². The first-order valence-electron chi connectivity index (χ1n) is 9.92. The highest BCUT2D eigenvalue weighted by molar-refractivity contribution is 5.78. The van der Waals surface area contributed by atoms with E-state index in [2.05, 4.69) is 38.2 Å². The van der Waals surface area contributed by atoms with Gasteiger partial charge >= 0.3 is 0 Å². The molecule has 138 valence electrons. The molecule has 3 aromatic rings. The lowest BCUT2D eigenvalue weighted by Gasteiger charge is -2.24. The summed E-state index contributed by atoms with van der Waals surface area (Å²) in [6.07, 6.45) is 5.05. The van der Waals surface area contributed by atoms with Crippen molar-refractivity contribution in [2.24, 2.45) is 0 Å². The van der Waals surface area contributed by atoms with E-state index in [4.69, 9.17) is 4.42 Å². The van der Waals surface area contributed by atoms with Crippen LogP contribution in [0.25, 0.3) is 22.9 Å². The molecule has 2 aliphatic heterocycles. The van der Waals surface area contributed by atoms with Crippen LogP contribution in [0, 0.1) is 0 Å². The van der Waals surface area contributed by atoms with Crippen LogP contribution in [0.3, 0.4) is 0 Å². The number of nitrogens with zero attached hydrogens (tertiary/aromatic N) is 4. The second kappa shape index (κ2) is 7.06. The van der Waals surface area contributed by atoms with E-state index in [9.17, 15) is 0 Å². The largest absolute Gasteiger partial charge is 0.416 e. The molecular weight excluding hydrogens is 336 g/mol. The van der Waals surface area contributed by atoms with E-state index < -0.39 is 0 Å². The molecule has 0 radical (unpaired) electrons. The minimum absolute atomic E-state index is 0.571. The zero-order valence-electron chi connectivity index (χ0n) is 15.5. The smallest absolute Gasteiger partial charge is 0.250 e. The number of hydrogen-bond donors (Lipinski definition) is 0. The Kier molecular flexibility index (Phi) is 4.28. The average Bonchev–Trinajstić information content (AvgIpc) is 3.51. The van der Waals surface area contributed by atoms with Crippen LogP contribution in [0.5, 0.6) is 0 Å². The minimum Gasteiger partial charge on any atom is -0.416 e. The molecule has 27 heavy (non-hydrogen) atoms. The molecule has 2 saturated heterocycles. The van der Waals surface area contributed by atoms with Crippen molar-refractivity contribution < 1.29 is 4.42 Å². The average molecular weight is 360 g/mol. The SMILES string of the molecule is c1ccc(-c2nnc(-c3ccc(N4CCCC4)cc3N3CCCC3)o2)cc1. The molecule has 0 atom stereocenters. The minimum atomic E-state index is 0.571. The van der Waals surface area contributed by atoms with E-state index >= 15 is 0 Å². The van der Waals surface area contributed by atoms with E-state index in [-0.39, 0.29) is 0 Å². The van der Waals surface area contributed by atoms with Crippen LogP contribution in [-0.4, -0.2) is 36.4 Å². The molecule has 0 unspecified atom stereocenters. The van der Waals surface area contributed by atoms with Gasteiger partial charge in [-0.25, -0.2) is 0 Å². The van der Waals surface area contributed by atoms with Crippen LogP contribution in [0.1, 0.15) is 25.7 Å². The fourth-order valence-electron chi connectivity index (χ4n) is 4.12. The third-order valence-corrected chi connectivity index (χ3v) is 5.58. The highest BCUT2D eigenvalue weighted by Gasteiger charge is 2.22. The van der Waals surface area contributed by atoms with E-state index in [0.717, 1.165) is 37.3 Å². The molecule has 5 heteroatoms. The molecule has 0 spiro atoms. The van der Waals surface area contributed by atoms with Crippen molar-refractivity contribution in [1.82, 2.24) is 10.2 Å². The van der Waals surface area contributed by atoms with Crippen molar-refractivity contribution in [3.8, 4) is 22.9 Å². The van der Waals surface area contributed by atoms with Gasteiger partial charge in [0.25, 0.3) is 0 Å². The maximum atomic E-state index is 6.06. The predicted molar refractivity (Wildman–Crippen MR) is 108 cm³/mol. The summed E-state index contributed by atoms with van der Waals surface area (Å²) in [6.45, 7) is 4.49. The number of anilines is 2. The zero-order valence-corrected chi connectivity index (χ0v) is 15.5. The van der Waals surface area contributed by atoms with Gasteiger partial charge in [0.2, 0.25) is 11.8 Å². The third-order valence-electron chi connectivity index (χ3n) is 5.58. The van der Waals surface area contributed by atoms with E-state index in [1.165, 1.54) is 37.1 Å². The highest BCUT2D eigenvalue weighted by Crippen LogP contribution is 2.37. The molecule has 3 heterocycles. The Balaban J connectivity index is 1.54. The monoisotopic (exact) mass is 360 g/mol. The molecule has 2 fully saturated rings. The third kappa shape index (κ3) is 3.18. The number of rotatable bonds is 4. The summed E-state index contributed by atoms with van der Waals surface area (Å²) >= 11 is 0. The van der Waals surface area contributed by atoms with Gasteiger partial charge in [0.05, 0.1) is 11.3 Å². The molecule has 5 rings (SSSR count). The maximum absolute atomic E-state index is 6.06. The van der Waals surface area contributed by atoms with E-state index in [0.29, 0.717) is 11.8 Å². The Morgan fingerprint density at radius 3 is 2.11 bits per heavy atom. The molecule has 0 aliphatic carbocycles. The van der Waals surface area contributed by atoms with Crippen molar-refractivity contribution in [3.05, 3.63) is 48.5 Å². The van der Waals surface area contributed by atoms with Crippen LogP contribution >= 0.6 is 0 Å². The summed E-state index contributed by atoms with van der Waals surface area (Å²) in [4.78, 5) is 4.94. The molecule has 1 aromatic heterocycles. The van der Waals surface area contributed by atoms with E-state index in [1.54, 1.807) is 0 Å². The molecule has 2 aromatic carbocycles. The fraction of sp³-hybridized carbons (Fsp3) is 0.364. The van der Waals surface area contributed by atoms with Crippen LogP contribution < -0.4 is 9.80 Å². The molecule has 2 aliphatic rings. The van der Waals surface area contributed by atoms with Gasteiger partial charge in [-0.1, -0.05) is 18.2 Å². The molecule has 0 amide bonds. The standard InChI is InChI=1S/C22H24N4O/c1-2-8-17(9-3-1)21-23-24-22(27-21)19-11-10-18(25-12-4-5-13-25)16-20(19)26-14-6-7-15-26/h1-3,8-11,16H,4-7,12-15H2. The summed E-state index contributed by atoms with van der Waals surface area (Å²) < 4.78 is 6.06. The fourth-order valence-corrected chi connectivity index (χ4v) is 4.12. The number of benzene rings is 2. The Morgan fingerprint density at radius 2 is 1.37 bits per heavy atom. The van der Waals surface area contributed by atoms with Crippen molar-refractivity contribution in [1.29, 1.82) is 0 Å². The molecule has 5 nitrogen and oxygen atoms in total. The van der Waals surface area contributed by atoms with Crippen molar-refractivity contribution in [3.63, 3.8) is 0 Å². The Bertz CT molecular complexity index is 909. The van der Waals surface area contributed by atoms with Gasteiger partial charge in [-0.05, 0) is 56.0 Å². The summed E-state index contributed by atoms with van der Waals surface area (Å²) in [5.41, 5.74) is 4.52. The number of aromatic nitrogens is 2. The van der Waals surface area contributed by atoms with Crippen LogP contribution in [0.4, 0.5) is 11.4 Å². The summed E-state index contributed by atoms with van der Waals surface area (Å²) in [5.74, 6) is 1.17. The maximum Gasteiger partial charge on any atom is 0.250 e. The van der Waals surface area contributed by atoms with Gasteiger partial charge in [0.15, 0.2) is 0 Å². The van der Waals surface area contributed by atoms with Gasteiger partial charge in [0.1, 0.15) is 0 Å². The highest BCUT2D eigenvalue weighted by atomic mass is 16.4. The normalized spacial score (nSPS) is 17.0. The topological polar surface area (TPSA) is 45.4 Å². The Labute approximate surface area is 159 Å². The van der Waals surface area contributed by atoms with Gasteiger partial charge in [-0.15, -0.1) is 10.2 Å². The van der Waals surface area contributed by atoms with Crippen molar-refractivity contribution in [2.75, 3.05) is 36.0 Å². The lowest BCUT2D eigenvalue weighted by Crippen LogP contribution is -2.21. The first-order chi connectivity index (χ1) is 13.4. The molecular formula is C22H24N4O. The second-order valence-corrected chi connectivity index (χ2v) is 7.37. The van der Waals surface area contributed by atoms with Crippen LogP contribution in [0.2, 0.25) is 0 Å². The van der Waals surface area contributed by atoms with E-state index in [1.807, 2.05) is 30.3 Å². The Hall–Kier alpha value is -2.82. The van der Waals surface area contributed by atoms with Crippen molar-refractivity contribution in [2.45, 2.75) is 25.7 Å². The molecule has 0 N–H and O–H groups in total. The van der Waals surface area contributed by atoms with Crippen LogP contribution in [-0.2, 0) is 0 Å². The summed E-state index contributed by atoms with van der Waals surface area (Å²) in [6, 6.07) is 16.6. The molecule has 0 saturated carbocycles. The zero-order chi connectivity index (χ0) is 18.1. The van der Waals surface area contributed by atoms with Gasteiger partial charge in [-0.3, -0.25) is 0 Å². The van der Waals surface area contributed by atoms with Crippen molar-refractivity contribution >= 4 is 11.4 Å². The van der Waals surface area contributed by atoms with Crippen LogP contribution in [0.15, 0.2) is 52.9 Å².